The van der Waals surface area contributed by atoms with Gasteiger partial charge in [-0.1, -0.05) is 0 Å². The zero-order valence-electron chi connectivity index (χ0n) is 6.88. The summed E-state index contributed by atoms with van der Waals surface area (Å²) in [6.07, 6.45) is 0. The van der Waals surface area contributed by atoms with Crippen molar-refractivity contribution in [2.24, 2.45) is 0 Å². The summed E-state index contributed by atoms with van der Waals surface area (Å²) in [5.41, 5.74) is 0. The topological polar surface area (TPSA) is 116 Å². The normalized spacial score (nSPS) is 9.08. The van der Waals surface area contributed by atoms with Gasteiger partial charge in [-0.15, -0.1) is 0 Å². The van der Waals surface area contributed by atoms with Gasteiger partial charge in [0.2, 0.25) is 0 Å². The smallest absolute Gasteiger partial charge is 0.753 e. The summed E-state index contributed by atoms with van der Waals surface area (Å²) in [5, 5.41) is 14.5. The van der Waals surface area contributed by atoms with Crippen LogP contribution in [-0.2, 0) is 18.7 Å². The van der Waals surface area contributed by atoms with Gasteiger partial charge in [0.05, 0.1) is 0 Å². The Bertz CT molecular complexity index is 147. The van der Waals surface area contributed by atoms with Crippen LogP contribution < -0.4 is 34.5 Å². The number of phosphoric acid groups is 1. The maximum atomic E-state index is 9.45. The number of Topliss-reactive ketones (excluding diaryl/α,β-unsaturated/α-hetero) is 1. The largest absolute Gasteiger partial charge is 1.00 e. The Hall–Kier alpha value is 0.700. The first-order chi connectivity index (χ1) is 4.85. The second-order valence-corrected chi connectivity index (χ2v) is 2.74. The predicted octanol–water partition coefficient (Wildman–Crippen LogP) is -2.97. The van der Waals surface area contributed by atoms with Crippen molar-refractivity contribution >= 4 is 13.6 Å². The Balaban J connectivity index is -0.000000142. The van der Waals surface area contributed by atoms with Crippen molar-refractivity contribution in [1.29, 1.82) is 0 Å². The second kappa shape index (κ2) is 9.79. The zero-order valence-corrected chi connectivity index (χ0v) is 9.78. The third kappa shape index (κ3) is 22.4. The number of carbonyl (C=O) groups excluding carboxylic acids is 1. The van der Waals surface area contributed by atoms with Gasteiger partial charge < -0.3 is 9.69 Å². The molecule has 0 unspecified atom stereocenters. The van der Waals surface area contributed by atoms with Gasteiger partial charge in [0.25, 0.3) is 0 Å². The molecular weight excluding hydrogens is 202 g/mol. The maximum Gasteiger partial charge on any atom is 1.00 e. The van der Waals surface area contributed by atoms with Gasteiger partial charge in [0, 0.05) is 0 Å². The molecule has 0 aliphatic carbocycles. The fraction of sp³-hybridized carbons (Fsp3) is 0.667. The van der Waals surface area contributed by atoms with Crippen molar-refractivity contribution < 1.29 is 63.7 Å². The van der Waals surface area contributed by atoms with E-state index in [-0.39, 0.29) is 35.3 Å². The van der Waals surface area contributed by atoms with E-state index in [1.807, 2.05) is 0 Å². The first-order valence-corrected chi connectivity index (χ1v) is 3.76. The molecule has 0 atom stereocenters. The van der Waals surface area contributed by atoms with E-state index in [0.717, 1.165) is 0 Å². The van der Waals surface area contributed by atoms with Crippen LogP contribution in [0, 0.1) is 0 Å². The first-order valence-electron chi connectivity index (χ1n) is 2.30. The number of carbonyl (C=O) groups is 1. The molecule has 0 spiro atoms. The Labute approximate surface area is 91.1 Å². The molecule has 0 bridgehead atoms. The van der Waals surface area contributed by atoms with E-state index in [1.165, 1.54) is 13.8 Å². The van der Waals surface area contributed by atoms with Gasteiger partial charge in [0.1, 0.15) is 5.78 Å². The molecule has 0 saturated carbocycles. The Morgan fingerprint density at radius 2 is 1.50 bits per heavy atom. The molecule has 0 aliphatic rings. The van der Waals surface area contributed by atoms with E-state index in [4.69, 9.17) is 10.5 Å². The molecule has 0 rings (SSSR count). The number of hydrogen-bond acceptors (Lipinski definition) is 7. The van der Waals surface area contributed by atoms with Gasteiger partial charge in [-0.25, -0.2) is 10.5 Å². The zero-order chi connectivity index (χ0) is 9.49. The van der Waals surface area contributed by atoms with Crippen LogP contribution in [-0.4, -0.2) is 16.3 Å². The Morgan fingerprint density at radius 3 is 1.50 bits per heavy atom. The van der Waals surface area contributed by atoms with Crippen LogP contribution in [0.1, 0.15) is 13.8 Å². The van der Waals surface area contributed by atoms with Gasteiger partial charge in [0.15, 0.2) is 0 Å². The molecule has 68 valence electrons. The first kappa shape index (κ1) is 18.5. The molecule has 0 aromatic heterocycles. The maximum absolute atomic E-state index is 9.45. The molecule has 2 N–H and O–H groups in total. The molecular formula is C3H8NaO7P. The van der Waals surface area contributed by atoms with E-state index in [1.54, 1.807) is 0 Å². The van der Waals surface area contributed by atoms with Crippen LogP contribution >= 0.6 is 7.82 Å². The summed E-state index contributed by atoms with van der Waals surface area (Å²) in [4.78, 5) is 18.9. The van der Waals surface area contributed by atoms with Crippen molar-refractivity contribution in [3.63, 3.8) is 0 Å². The van der Waals surface area contributed by atoms with Gasteiger partial charge in [-0.2, -0.15) is 9.35 Å². The molecule has 0 aliphatic heterocycles. The van der Waals surface area contributed by atoms with Gasteiger partial charge in [-0.3, -0.25) is 4.57 Å². The third-order valence-electron chi connectivity index (χ3n) is 0.200. The van der Waals surface area contributed by atoms with E-state index in [0.29, 0.717) is 0 Å². The van der Waals surface area contributed by atoms with Crippen LogP contribution in [0.4, 0.5) is 0 Å². The summed E-state index contributed by atoms with van der Waals surface area (Å²) < 4.78 is 14.7. The number of rotatable bonds is 2. The van der Waals surface area contributed by atoms with E-state index >= 15 is 0 Å². The monoisotopic (exact) mass is 210 g/mol. The van der Waals surface area contributed by atoms with E-state index < -0.39 is 7.82 Å². The summed E-state index contributed by atoms with van der Waals surface area (Å²) in [6, 6.07) is 0. The molecule has 9 heteroatoms. The SMILES string of the molecule is CC(C)=O.O=P([O-])(OO)OO.[Na+]. The van der Waals surface area contributed by atoms with Crippen molar-refractivity contribution in [1.82, 2.24) is 0 Å². The quantitative estimate of drug-likeness (QED) is 0.216. The summed E-state index contributed by atoms with van der Waals surface area (Å²) in [7, 11) is -4.79. The summed E-state index contributed by atoms with van der Waals surface area (Å²) in [5.74, 6) is 0.167. The average Bonchev–Trinajstić information content (AvgIpc) is 1.87. The van der Waals surface area contributed by atoms with Crippen LogP contribution in [0.5, 0.6) is 0 Å². The average molecular weight is 210 g/mol. The minimum absolute atomic E-state index is 0. The molecule has 12 heavy (non-hydrogen) atoms. The summed E-state index contributed by atoms with van der Waals surface area (Å²) in [6.45, 7) is 3.06. The van der Waals surface area contributed by atoms with Crippen molar-refractivity contribution in [3.05, 3.63) is 0 Å². The molecule has 0 radical (unpaired) electrons. The standard InChI is InChI=1S/C3H6O.Na.H3O6P/c1-3(2)4;;1-5-7(3,4)6-2/h1-2H3;;1-2H,(H,3,4)/q;+1;/p-1. The summed E-state index contributed by atoms with van der Waals surface area (Å²) >= 11 is 0. The Kier molecular flexibility index (Phi) is 15.1. The van der Waals surface area contributed by atoms with E-state index in [2.05, 4.69) is 9.35 Å². The van der Waals surface area contributed by atoms with Crippen LogP contribution in [0.15, 0.2) is 0 Å². The van der Waals surface area contributed by atoms with Crippen LogP contribution in [0.3, 0.4) is 0 Å². The molecule has 0 aromatic rings. The molecule has 7 nitrogen and oxygen atoms in total. The minimum Gasteiger partial charge on any atom is -0.753 e. The minimum atomic E-state index is -4.79. The number of ketones is 1. The number of hydrogen-bond donors (Lipinski definition) is 2. The predicted molar refractivity (Wildman–Crippen MR) is 31.4 cm³/mol. The molecule has 0 saturated heterocycles. The fourth-order valence-electron chi connectivity index (χ4n) is 0.0149. The van der Waals surface area contributed by atoms with Crippen LogP contribution in [0.2, 0.25) is 0 Å². The van der Waals surface area contributed by atoms with Crippen molar-refractivity contribution in [2.45, 2.75) is 13.8 Å². The van der Waals surface area contributed by atoms with Crippen LogP contribution in [0.25, 0.3) is 0 Å². The molecule has 0 amide bonds. The van der Waals surface area contributed by atoms with Crippen molar-refractivity contribution in [3.8, 4) is 0 Å². The second-order valence-electron chi connectivity index (χ2n) is 1.52. The fourth-order valence-corrected chi connectivity index (χ4v) is 0.0447. The van der Waals surface area contributed by atoms with Gasteiger partial charge >= 0.3 is 37.4 Å². The van der Waals surface area contributed by atoms with Crippen molar-refractivity contribution in [2.75, 3.05) is 0 Å². The van der Waals surface area contributed by atoms with Gasteiger partial charge in [-0.05, 0) is 13.8 Å². The molecule has 0 aromatic carbocycles. The molecule has 0 heterocycles. The molecule has 0 fully saturated rings. The van der Waals surface area contributed by atoms with E-state index in [9.17, 15) is 14.3 Å². The Morgan fingerprint density at radius 1 is 1.33 bits per heavy atom. The third-order valence-corrected chi connectivity index (χ3v) is 0.600.